The number of amides is 1. The summed E-state index contributed by atoms with van der Waals surface area (Å²) in [6, 6.07) is 13.4. The number of benzene rings is 2. The molecule has 0 aromatic heterocycles. The first-order chi connectivity index (χ1) is 12.1. The lowest BCUT2D eigenvalue weighted by Gasteiger charge is -2.10. The molecule has 0 spiro atoms. The summed E-state index contributed by atoms with van der Waals surface area (Å²) < 4.78 is 10.7. The summed E-state index contributed by atoms with van der Waals surface area (Å²) in [6.07, 6.45) is 1.94. The molecule has 2 rings (SSSR count). The zero-order valence-corrected chi connectivity index (χ0v) is 14.9. The first-order valence-electron chi connectivity index (χ1n) is 8.45. The third-order valence-corrected chi connectivity index (χ3v) is 3.87. The second kappa shape index (κ2) is 9.69. The minimum atomic E-state index is -0.0350. The molecule has 0 fully saturated rings. The Hall–Kier alpha value is -2.53. The lowest BCUT2D eigenvalue weighted by atomic mass is 10.1. The van der Waals surface area contributed by atoms with Crippen molar-refractivity contribution in [3.05, 3.63) is 53.6 Å². The molecule has 25 heavy (non-hydrogen) atoms. The van der Waals surface area contributed by atoms with Crippen LogP contribution in [0.15, 0.2) is 42.5 Å². The SMILES string of the molecule is COCCc1ccc(OCCCC(=O)Nc2cc(N)ccc2C)cc1. The fourth-order valence-corrected chi connectivity index (χ4v) is 2.38. The van der Waals surface area contributed by atoms with Crippen molar-refractivity contribution in [2.45, 2.75) is 26.2 Å². The van der Waals surface area contributed by atoms with Crippen LogP contribution < -0.4 is 15.8 Å². The van der Waals surface area contributed by atoms with Crippen molar-refractivity contribution >= 4 is 17.3 Å². The van der Waals surface area contributed by atoms with Gasteiger partial charge in [-0.2, -0.15) is 0 Å². The van der Waals surface area contributed by atoms with Crippen LogP contribution in [0.5, 0.6) is 5.75 Å². The van der Waals surface area contributed by atoms with E-state index in [9.17, 15) is 4.79 Å². The van der Waals surface area contributed by atoms with Gasteiger partial charge in [0.2, 0.25) is 5.91 Å². The predicted octanol–water partition coefficient (Wildman–Crippen LogP) is 3.56. The maximum Gasteiger partial charge on any atom is 0.224 e. The van der Waals surface area contributed by atoms with Crippen molar-refractivity contribution in [1.29, 1.82) is 0 Å². The molecule has 5 nitrogen and oxygen atoms in total. The normalized spacial score (nSPS) is 10.5. The molecule has 134 valence electrons. The summed E-state index contributed by atoms with van der Waals surface area (Å²) in [7, 11) is 1.70. The van der Waals surface area contributed by atoms with E-state index >= 15 is 0 Å². The number of nitrogens with one attached hydrogen (secondary N) is 1. The molecule has 1 amide bonds. The minimum absolute atomic E-state index is 0.0350. The predicted molar refractivity (Wildman–Crippen MR) is 101 cm³/mol. The molecular weight excluding hydrogens is 316 g/mol. The Kier molecular flexibility index (Phi) is 7.29. The summed E-state index contributed by atoms with van der Waals surface area (Å²) in [4.78, 5) is 12.0. The minimum Gasteiger partial charge on any atom is -0.494 e. The number of carbonyl (C=O) groups is 1. The molecule has 0 bridgehead atoms. The largest absolute Gasteiger partial charge is 0.494 e. The molecule has 0 heterocycles. The average molecular weight is 342 g/mol. The number of aryl methyl sites for hydroxylation is 1. The number of anilines is 2. The highest BCUT2D eigenvalue weighted by Crippen LogP contribution is 2.18. The molecule has 0 unspecified atom stereocenters. The number of rotatable bonds is 9. The van der Waals surface area contributed by atoms with Gasteiger partial charge in [0.15, 0.2) is 0 Å². The number of hydrogen-bond donors (Lipinski definition) is 2. The molecule has 0 saturated carbocycles. The number of carbonyl (C=O) groups excluding carboxylic acids is 1. The molecule has 0 aliphatic heterocycles. The highest BCUT2D eigenvalue weighted by Gasteiger charge is 2.05. The van der Waals surface area contributed by atoms with Crippen molar-refractivity contribution in [2.24, 2.45) is 0 Å². The van der Waals surface area contributed by atoms with Crippen LogP contribution in [-0.2, 0) is 16.0 Å². The van der Waals surface area contributed by atoms with Gasteiger partial charge in [-0.05, 0) is 55.2 Å². The third kappa shape index (κ3) is 6.47. The highest BCUT2D eigenvalue weighted by molar-refractivity contribution is 5.91. The first kappa shape index (κ1) is 18.8. The summed E-state index contributed by atoms with van der Waals surface area (Å²) >= 11 is 0. The van der Waals surface area contributed by atoms with Crippen molar-refractivity contribution in [3.63, 3.8) is 0 Å². The van der Waals surface area contributed by atoms with Crippen molar-refractivity contribution in [2.75, 3.05) is 31.4 Å². The summed E-state index contributed by atoms with van der Waals surface area (Å²) in [6.45, 7) is 3.15. The number of methoxy groups -OCH3 is 1. The molecule has 2 aromatic rings. The summed E-state index contributed by atoms with van der Waals surface area (Å²) in [5.74, 6) is 0.778. The lowest BCUT2D eigenvalue weighted by molar-refractivity contribution is -0.116. The number of nitrogen functional groups attached to an aromatic ring is 1. The van der Waals surface area contributed by atoms with E-state index in [0.29, 0.717) is 31.7 Å². The van der Waals surface area contributed by atoms with E-state index in [1.807, 2.05) is 43.3 Å². The molecule has 0 saturated heterocycles. The van der Waals surface area contributed by atoms with E-state index < -0.39 is 0 Å². The van der Waals surface area contributed by atoms with E-state index in [2.05, 4.69) is 5.32 Å². The van der Waals surface area contributed by atoms with Crippen molar-refractivity contribution < 1.29 is 14.3 Å². The maximum absolute atomic E-state index is 12.0. The lowest BCUT2D eigenvalue weighted by Crippen LogP contribution is -2.13. The van der Waals surface area contributed by atoms with E-state index in [4.69, 9.17) is 15.2 Å². The van der Waals surface area contributed by atoms with E-state index in [1.165, 1.54) is 5.56 Å². The standard InChI is InChI=1S/C20H26N2O3/c1-15-5-8-17(21)14-19(15)22-20(23)4-3-12-25-18-9-6-16(7-10-18)11-13-24-2/h5-10,14H,3-4,11-13,21H2,1-2H3,(H,22,23). The van der Waals surface area contributed by atoms with Crippen LogP contribution in [0.3, 0.4) is 0 Å². The van der Waals surface area contributed by atoms with Crippen LogP contribution >= 0.6 is 0 Å². The van der Waals surface area contributed by atoms with Gasteiger partial charge in [-0.15, -0.1) is 0 Å². The molecule has 3 N–H and O–H groups in total. The zero-order chi connectivity index (χ0) is 18.1. The second-order valence-corrected chi connectivity index (χ2v) is 5.96. The molecule has 0 radical (unpaired) electrons. The van der Waals surface area contributed by atoms with Gasteiger partial charge in [0, 0.05) is 24.9 Å². The van der Waals surface area contributed by atoms with Gasteiger partial charge >= 0.3 is 0 Å². The zero-order valence-electron chi connectivity index (χ0n) is 14.9. The molecule has 0 atom stereocenters. The Morgan fingerprint density at radius 1 is 1.12 bits per heavy atom. The fourth-order valence-electron chi connectivity index (χ4n) is 2.38. The number of ether oxygens (including phenoxy) is 2. The van der Waals surface area contributed by atoms with E-state index in [1.54, 1.807) is 13.2 Å². The van der Waals surface area contributed by atoms with Crippen LogP contribution in [0.4, 0.5) is 11.4 Å². The quantitative estimate of drug-likeness (QED) is 0.540. The van der Waals surface area contributed by atoms with Crippen LogP contribution in [0.2, 0.25) is 0 Å². The molecule has 2 aromatic carbocycles. The van der Waals surface area contributed by atoms with Gasteiger partial charge in [-0.3, -0.25) is 4.79 Å². The number of nitrogens with two attached hydrogens (primary N) is 1. The van der Waals surface area contributed by atoms with Gasteiger partial charge in [0.25, 0.3) is 0 Å². The molecule has 0 aliphatic carbocycles. The molecular formula is C20H26N2O3. The fraction of sp³-hybridized carbons (Fsp3) is 0.350. The monoisotopic (exact) mass is 342 g/mol. The van der Waals surface area contributed by atoms with Crippen molar-refractivity contribution in [3.8, 4) is 5.75 Å². The number of hydrogen-bond acceptors (Lipinski definition) is 4. The van der Waals surface area contributed by atoms with Crippen LogP contribution in [0, 0.1) is 6.92 Å². The summed E-state index contributed by atoms with van der Waals surface area (Å²) in [5.41, 5.74) is 9.35. The van der Waals surface area contributed by atoms with Gasteiger partial charge in [0.1, 0.15) is 5.75 Å². The molecule has 0 aliphatic rings. The average Bonchev–Trinajstić information content (AvgIpc) is 2.61. The van der Waals surface area contributed by atoms with Crippen LogP contribution in [0.25, 0.3) is 0 Å². The first-order valence-corrected chi connectivity index (χ1v) is 8.45. The van der Waals surface area contributed by atoms with E-state index in [-0.39, 0.29) is 5.91 Å². The maximum atomic E-state index is 12.0. The van der Waals surface area contributed by atoms with Crippen molar-refractivity contribution in [1.82, 2.24) is 0 Å². The van der Waals surface area contributed by atoms with E-state index in [0.717, 1.165) is 23.4 Å². The smallest absolute Gasteiger partial charge is 0.224 e. The Morgan fingerprint density at radius 3 is 2.60 bits per heavy atom. The topological polar surface area (TPSA) is 73.6 Å². The third-order valence-electron chi connectivity index (χ3n) is 3.87. The Labute approximate surface area is 149 Å². The Balaban J connectivity index is 1.70. The van der Waals surface area contributed by atoms with Crippen LogP contribution in [0.1, 0.15) is 24.0 Å². The second-order valence-electron chi connectivity index (χ2n) is 5.96. The van der Waals surface area contributed by atoms with Gasteiger partial charge in [0.05, 0.1) is 13.2 Å². The highest BCUT2D eigenvalue weighted by atomic mass is 16.5. The van der Waals surface area contributed by atoms with Gasteiger partial charge in [-0.1, -0.05) is 18.2 Å². The Bertz CT molecular complexity index is 684. The summed E-state index contributed by atoms with van der Waals surface area (Å²) in [5, 5.41) is 2.89. The van der Waals surface area contributed by atoms with Gasteiger partial charge < -0.3 is 20.5 Å². The van der Waals surface area contributed by atoms with Gasteiger partial charge in [-0.25, -0.2) is 0 Å². The Morgan fingerprint density at radius 2 is 1.88 bits per heavy atom. The van der Waals surface area contributed by atoms with Crippen LogP contribution in [-0.4, -0.2) is 26.2 Å². The molecule has 5 heteroatoms.